The summed E-state index contributed by atoms with van der Waals surface area (Å²) in [5.41, 5.74) is 1.26. The minimum atomic E-state index is -0.865. The number of amides is 1. The van der Waals surface area contributed by atoms with E-state index in [1.807, 2.05) is 4.90 Å². The molecule has 6 heteroatoms. The zero-order valence-corrected chi connectivity index (χ0v) is 13.3. The molecular formula is C18H19F2N3O. The largest absolute Gasteiger partial charge is 0.342 e. The third-order valence-electron chi connectivity index (χ3n) is 4.95. The third-order valence-corrected chi connectivity index (χ3v) is 4.95. The molecule has 4 nitrogen and oxygen atoms in total. The van der Waals surface area contributed by atoms with Gasteiger partial charge in [0.1, 0.15) is 5.82 Å². The molecule has 1 amide bonds. The maximum absolute atomic E-state index is 13.4. The summed E-state index contributed by atoms with van der Waals surface area (Å²) in [7, 11) is 0. The molecule has 4 rings (SSSR count). The van der Waals surface area contributed by atoms with Gasteiger partial charge in [-0.3, -0.25) is 4.79 Å². The van der Waals surface area contributed by atoms with Crippen molar-refractivity contribution in [3.05, 3.63) is 41.9 Å². The highest BCUT2D eigenvalue weighted by molar-refractivity contribution is 5.81. The van der Waals surface area contributed by atoms with Gasteiger partial charge in [0, 0.05) is 30.5 Å². The minimum absolute atomic E-state index is 0.269. The Labute approximate surface area is 138 Å². The summed E-state index contributed by atoms with van der Waals surface area (Å²) in [6.07, 6.45) is 5.49. The van der Waals surface area contributed by atoms with E-state index in [0.29, 0.717) is 17.2 Å². The molecule has 1 aromatic heterocycles. The van der Waals surface area contributed by atoms with Crippen LogP contribution in [0.3, 0.4) is 0 Å². The molecule has 126 valence electrons. The fourth-order valence-corrected chi connectivity index (χ4v) is 3.32. The summed E-state index contributed by atoms with van der Waals surface area (Å²) < 4.78 is 26.4. The zero-order valence-electron chi connectivity index (χ0n) is 13.3. The second-order valence-corrected chi connectivity index (χ2v) is 6.68. The number of rotatable bonds is 3. The van der Waals surface area contributed by atoms with Crippen LogP contribution >= 0.6 is 0 Å². The van der Waals surface area contributed by atoms with Crippen LogP contribution in [-0.4, -0.2) is 33.9 Å². The Balaban J connectivity index is 1.43. The van der Waals surface area contributed by atoms with Crippen LogP contribution < -0.4 is 0 Å². The number of aromatic amines is 1. The standard InChI is InChI=1S/C18H19F2N3O/c19-14-4-3-13(9-15(14)20)16-10-21-17(22-16)11-5-7-23(8-6-11)18(24)12-1-2-12/h3-4,9-12H,1-2,5-8H2,(H,21,22). The lowest BCUT2D eigenvalue weighted by Gasteiger charge is -2.31. The van der Waals surface area contributed by atoms with Gasteiger partial charge in [0.05, 0.1) is 11.9 Å². The molecule has 0 radical (unpaired) electrons. The zero-order chi connectivity index (χ0) is 16.7. The summed E-state index contributed by atoms with van der Waals surface area (Å²) in [5, 5.41) is 0. The van der Waals surface area contributed by atoms with E-state index < -0.39 is 11.6 Å². The van der Waals surface area contributed by atoms with Crippen molar-refractivity contribution in [1.82, 2.24) is 14.9 Å². The number of benzene rings is 1. The summed E-state index contributed by atoms with van der Waals surface area (Å²) in [6, 6.07) is 3.82. The van der Waals surface area contributed by atoms with Crippen LogP contribution in [0.25, 0.3) is 11.3 Å². The van der Waals surface area contributed by atoms with Gasteiger partial charge in [-0.1, -0.05) is 0 Å². The number of imidazole rings is 1. The highest BCUT2D eigenvalue weighted by atomic mass is 19.2. The molecule has 1 N–H and O–H groups in total. The van der Waals surface area contributed by atoms with Crippen molar-refractivity contribution >= 4 is 5.91 Å². The first-order valence-corrected chi connectivity index (χ1v) is 8.41. The Morgan fingerprint density at radius 1 is 1.12 bits per heavy atom. The van der Waals surface area contributed by atoms with Crippen molar-refractivity contribution in [3.63, 3.8) is 0 Å². The molecule has 1 aliphatic carbocycles. The van der Waals surface area contributed by atoms with Gasteiger partial charge < -0.3 is 9.88 Å². The molecule has 2 fully saturated rings. The van der Waals surface area contributed by atoms with Crippen molar-refractivity contribution in [1.29, 1.82) is 0 Å². The predicted octanol–water partition coefficient (Wildman–Crippen LogP) is 3.47. The molecule has 0 unspecified atom stereocenters. The van der Waals surface area contributed by atoms with Gasteiger partial charge >= 0.3 is 0 Å². The molecule has 24 heavy (non-hydrogen) atoms. The van der Waals surface area contributed by atoms with Crippen molar-refractivity contribution in [2.75, 3.05) is 13.1 Å². The lowest BCUT2D eigenvalue weighted by molar-refractivity contribution is -0.133. The first-order chi connectivity index (χ1) is 11.6. The SMILES string of the molecule is O=C(C1CC1)N1CCC(c2ncc(-c3ccc(F)c(F)c3)[nH]2)CC1. The van der Waals surface area contributed by atoms with E-state index in [1.54, 1.807) is 6.20 Å². The van der Waals surface area contributed by atoms with Crippen LogP contribution in [0.2, 0.25) is 0 Å². The maximum atomic E-state index is 13.4. The number of H-pyrrole nitrogens is 1. The second-order valence-electron chi connectivity index (χ2n) is 6.68. The van der Waals surface area contributed by atoms with Crippen molar-refractivity contribution in [2.45, 2.75) is 31.6 Å². The quantitative estimate of drug-likeness (QED) is 0.936. The molecule has 1 saturated carbocycles. The monoisotopic (exact) mass is 331 g/mol. The highest BCUT2D eigenvalue weighted by Crippen LogP contribution is 2.34. The van der Waals surface area contributed by atoms with E-state index in [-0.39, 0.29) is 11.8 Å². The van der Waals surface area contributed by atoms with Gasteiger partial charge in [0.25, 0.3) is 0 Å². The van der Waals surface area contributed by atoms with Gasteiger partial charge in [0.2, 0.25) is 5.91 Å². The van der Waals surface area contributed by atoms with Gasteiger partial charge in [0.15, 0.2) is 11.6 Å². The molecule has 2 aromatic rings. The number of hydrogen-bond acceptors (Lipinski definition) is 2. The van der Waals surface area contributed by atoms with Crippen LogP contribution in [0.5, 0.6) is 0 Å². The third kappa shape index (κ3) is 2.92. The predicted molar refractivity (Wildman–Crippen MR) is 85.2 cm³/mol. The lowest BCUT2D eigenvalue weighted by Crippen LogP contribution is -2.38. The van der Waals surface area contributed by atoms with E-state index >= 15 is 0 Å². The summed E-state index contributed by atoms with van der Waals surface area (Å²) in [4.78, 5) is 21.7. The van der Waals surface area contributed by atoms with Crippen LogP contribution in [-0.2, 0) is 4.79 Å². The van der Waals surface area contributed by atoms with E-state index in [9.17, 15) is 13.6 Å². The number of nitrogens with zero attached hydrogens (tertiary/aromatic N) is 2. The Morgan fingerprint density at radius 3 is 2.54 bits per heavy atom. The molecule has 1 saturated heterocycles. The molecular weight excluding hydrogens is 312 g/mol. The van der Waals surface area contributed by atoms with Crippen LogP contribution in [0.15, 0.2) is 24.4 Å². The van der Waals surface area contributed by atoms with Crippen molar-refractivity contribution in [2.24, 2.45) is 5.92 Å². The first kappa shape index (κ1) is 15.3. The average molecular weight is 331 g/mol. The van der Waals surface area contributed by atoms with Crippen LogP contribution in [0.1, 0.15) is 37.4 Å². The summed E-state index contributed by atoms with van der Waals surface area (Å²) in [6.45, 7) is 1.53. The summed E-state index contributed by atoms with van der Waals surface area (Å²) >= 11 is 0. The summed E-state index contributed by atoms with van der Waals surface area (Å²) in [5.74, 6) is -0.0252. The highest BCUT2D eigenvalue weighted by Gasteiger charge is 2.35. The Kier molecular flexibility index (Phi) is 3.82. The van der Waals surface area contributed by atoms with E-state index in [1.165, 1.54) is 12.1 Å². The van der Waals surface area contributed by atoms with E-state index in [2.05, 4.69) is 9.97 Å². The topological polar surface area (TPSA) is 49.0 Å². The molecule has 1 aliphatic heterocycles. The number of likely N-dealkylation sites (tertiary alicyclic amines) is 1. The molecule has 2 aliphatic rings. The van der Waals surface area contributed by atoms with Crippen LogP contribution in [0, 0.1) is 17.6 Å². The number of piperidine rings is 1. The Morgan fingerprint density at radius 2 is 1.88 bits per heavy atom. The van der Waals surface area contributed by atoms with Crippen molar-refractivity contribution < 1.29 is 13.6 Å². The number of carbonyl (C=O) groups is 1. The fourth-order valence-electron chi connectivity index (χ4n) is 3.32. The van der Waals surface area contributed by atoms with Gasteiger partial charge in [-0.2, -0.15) is 0 Å². The van der Waals surface area contributed by atoms with Gasteiger partial charge in [-0.25, -0.2) is 13.8 Å². The average Bonchev–Trinajstić information content (AvgIpc) is 3.34. The minimum Gasteiger partial charge on any atom is -0.342 e. The molecule has 0 spiro atoms. The molecule has 0 bridgehead atoms. The Bertz CT molecular complexity index is 761. The Hall–Kier alpha value is -2.24. The number of nitrogens with one attached hydrogen (secondary N) is 1. The smallest absolute Gasteiger partial charge is 0.225 e. The van der Waals surface area contributed by atoms with Gasteiger partial charge in [-0.05, 0) is 43.9 Å². The first-order valence-electron chi connectivity index (χ1n) is 8.41. The molecule has 2 heterocycles. The molecule has 0 atom stereocenters. The normalized spacial score (nSPS) is 18.8. The second kappa shape index (κ2) is 6.00. The van der Waals surface area contributed by atoms with E-state index in [0.717, 1.165) is 50.7 Å². The van der Waals surface area contributed by atoms with Crippen molar-refractivity contribution in [3.8, 4) is 11.3 Å². The van der Waals surface area contributed by atoms with E-state index in [4.69, 9.17) is 0 Å². The number of halogens is 2. The molecule has 1 aromatic carbocycles. The number of hydrogen-bond donors (Lipinski definition) is 1. The maximum Gasteiger partial charge on any atom is 0.225 e. The number of carbonyl (C=O) groups excluding carboxylic acids is 1. The van der Waals surface area contributed by atoms with Gasteiger partial charge in [-0.15, -0.1) is 0 Å². The lowest BCUT2D eigenvalue weighted by atomic mass is 9.96. The fraction of sp³-hybridized carbons (Fsp3) is 0.444. The number of aromatic nitrogens is 2. The van der Waals surface area contributed by atoms with Crippen LogP contribution in [0.4, 0.5) is 8.78 Å².